The number of thioether (sulfide) groups is 1. The highest BCUT2D eigenvalue weighted by Gasteiger charge is 2.18. The Morgan fingerprint density at radius 3 is 2.59 bits per heavy atom. The van der Waals surface area contributed by atoms with Crippen molar-refractivity contribution in [3.8, 4) is 0 Å². The molecule has 0 aliphatic heterocycles. The SMILES string of the molecule is CSc1ccccc1NC(=O)COC(=O)CNC(=O)c1sc2ccccc2c1Cl. The van der Waals surface area contributed by atoms with Gasteiger partial charge in [0.25, 0.3) is 11.8 Å². The van der Waals surface area contributed by atoms with Gasteiger partial charge in [-0.15, -0.1) is 23.1 Å². The average Bonchev–Trinajstić information content (AvgIpc) is 3.08. The van der Waals surface area contributed by atoms with Crippen LogP contribution in [0, 0.1) is 0 Å². The van der Waals surface area contributed by atoms with E-state index >= 15 is 0 Å². The van der Waals surface area contributed by atoms with E-state index in [9.17, 15) is 14.4 Å². The summed E-state index contributed by atoms with van der Waals surface area (Å²) in [4.78, 5) is 37.4. The molecule has 9 heteroatoms. The summed E-state index contributed by atoms with van der Waals surface area (Å²) in [5.74, 6) is -1.64. The van der Waals surface area contributed by atoms with Gasteiger partial charge >= 0.3 is 5.97 Å². The fourth-order valence-electron chi connectivity index (χ4n) is 2.52. The maximum Gasteiger partial charge on any atom is 0.325 e. The number of esters is 1. The van der Waals surface area contributed by atoms with E-state index in [-0.39, 0.29) is 6.54 Å². The first kappa shape index (κ1) is 21.2. The highest BCUT2D eigenvalue weighted by atomic mass is 35.5. The summed E-state index contributed by atoms with van der Waals surface area (Å²) in [5.41, 5.74) is 0.647. The van der Waals surface area contributed by atoms with Crippen molar-refractivity contribution in [3.63, 3.8) is 0 Å². The number of anilines is 1. The fourth-order valence-corrected chi connectivity index (χ4v) is 4.51. The number of para-hydroxylation sites is 1. The Morgan fingerprint density at radius 2 is 1.83 bits per heavy atom. The Kier molecular flexibility index (Phi) is 7.13. The van der Waals surface area contributed by atoms with Crippen LogP contribution in [0.3, 0.4) is 0 Å². The van der Waals surface area contributed by atoms with E-state index in [1.165, 1.54) is 23.1 Å². The number of ether oxygens (including phenoxy) is 1. The molecule has 0 bridgehead atoms. The highest BCUT2D eigenvalue weighted by Crippen LogP contribution is 2.34. The van der Waals surface area contributed by atoms with Crippen molar-refractivity contribution in [2.24, 2.45) is 0 Å². The number of carbonyl (C=O) groups is 3. The zero-order chi connectivity index (χ0) is 20.8. The van der Waals surface area contributed by atoms with E-state index in [1.54, 1.807) is 12.1 Å². The third kappa shape index (κ3) is 5.29. The lowest BCUT2D eigenvalue weighted by atomic mass is 10.2. The van der Waals surface area contributed by atoms with Gasteiger partial charge in [-0.05, 0) is 24.5 Å². The Bertz CT molecular complexity index is 1070. The largest absolute Gasteiger partial charge is 0.454 e. The van der Waals surface area contributed by atoms with Gasteiger partial charge in [-0.1, -0.05) is 41.9 Å². The highest BCUT2D eigenvalue weighted by molar-refractivity contribution is 7.98. The quantitative estimate of drug-likeness (QED) is 0.418. The van der Waals surface area contributed by atoms with E-state index in [0.29, 0.717) is 15.6 Å². The van der Waals surface area contributed by atoms with Crippen molar-refractivity contribution in [1.82, 2.24) is 5.32 Å². The monoisotopic (exact) mass is 448 g/mol. The summed E-state index contributed by atoms with van der Waals surface area (Å²) in [5, 5.41) is 6.30. The Labute approximate surface area is 180 Å². The van der Waals surface area contributed by atoms with Crippen LogP contribution in [-0.4, -0.2) is 37.2 Å². The van der Waals surface area contributed by atoms with Crippen molar-refractivity contribution >= 4 is 68.3 Å². The van der Waals surface area contributed by atoms with Gasteiger partial charge in [0.1, 0.15) is 11.4 Å². The molecule has 0 saturated heterocycles. The number of rotatable bonds is 7. The zero-order valence-electron chi connectivity index (χ0n) is 15.4. The van der Waals surface area contributed by atoms with E-state index in [4.69, 9.17) is 16.3 Å². The minimum Gasteiger partial charge on any atom is -0.454 e. The van der Waals surface area contributed by atoms with Crippen LogP contribution in [0.4, 0.5) is 5.69 Å². The van der Waals surface area contributed by atoms with Gasteiger partial charge in [0, 0.05) is 15.0 Å². The van der Waals surface area contributed by atoms with E-state index in [1.807, 2.05) is 42.7 Å². The minimum absolute atomic E-state index is 0.326. The number of carbonyl (C=O) groups excluding carboxylic acids is 3. The molecule has 1 heterocycles. The predicted octanol–water partition coefficient (Wildman–Crippen LogP) is 4.19. The molecule has 0 saturated carbocycles. The summed E-state index contributed by atoms with van der Waals surface area (Å²) >= 11 is 8.99. The molecule has 0 atom stereocenters. The molecule has 150 valence electrons. The molecule has 3 aromatic rings. The van der Waals surface area contributed by atoms with Gasteiger partial charge in [-0.25, -0.2) is 0 Å². The summed E-state index contributed by atoms with van der Waals surface area (Å²) in [6.07, 6.45) is 1.90. The molecule has 2 N–H and O–H groups in total. The molecule has 3 rings (SSSR count). The van der Waals surface area contributed by atoms with Crippen LogP contribution in [0.25, 0.3) is 10.1 Å². The number of fused-ring (bicyclic) bond motifs is 1. The molecule has 0 unspecified atom stereocenters. The van der Waals surface area contributed by atoms with E-state index < -0.39 is 24.4 Å². The van der Waals surface area contributed by atoms with E-state index in [0.717, 1.165) is 15.0 Å². The van der Waals surface area contributed by atoms with Crippen molar-refractivity contribution < 1.29 is 19.1 Å². The molecule has 0 spiro atoms. The minimum atomic E-state index is -0.719. The Morgan fingerprint density at radius 1 is 1.10 bits per heavy atom. The third-order valence-corrected chi connectivity index (χ3v) is 6.35. The summed E-state index contributed by atoms with van der Waals surface area (Å²) in [6, 6.07) is 14.7. The van der Waals surface area contributed by atoms with Crippen LogP contribution in [-0.2, 0) is 14.3 Å². The van der Waals surface area contributed by atoms with Gasteiger partial charge in [-0.3, -0.25) is 14.4 Å². The lowest BCUT2D eigenvalue weighted by molar-refractivity contribution is -0.146. The molecule has 29 heavy (non-hydrogen) atoms. The molecule has 2 aromatic carbocycles. The molecule has 0 aliphatic carbocycles. The molecule has 0 radical (unpaired) electrons. The first-order valence-corrected chi connectivity index (χ1v) is 10.9. The molecular formula is C20H17ClN2O4S2. The van der Waals surface area contributed by atoms with Crippen LogP contribution in [0.2, 0.25) is 5.02 Å². The number of halogens is 1. The van der Waals surface area contributed by atoms with Gasteiger partial charge in [0.15, 0.2) is 6.61 Å². The summed E-state index contributed by atoms with van der Waals surface area (Å²) < 4.78 is 5.80. The second-order valence-electron chi connectivity index (χ2n) is 5.83. The van der Waals surface area contributed by atoms with Crippen LogP contribution in [0.15, 0.2) is 53.4 Å². The topological polar surface area (TPSA) is 84.5 Å². The lowest BCUT2D eigenvalue weighted by Gasteiger charge is -2.10. The number of thiophene rings is 1. The fraction of sp³-hybridized carbons (Fsp3) is 0.150. The maximum absolute atomic E-state index is 12.3. The van der Waals surface area contributed by atoms with Crippen molar-refractivity contribution in [3.05, 3.63) is 58.4 Å². The second-order valence-corrected chi connectivity index (χ2v) is 8.11. The summed E-state index contributed by atoms with van der Waals surface area (Å²) in [6.45, 7) is -0.806. The van der Waals surface area contributed by atoms with Crippen LogP contribution < -0.4 is 10.6 Å². The number of hydrogen-bond acceptors (Lipinski definition) is 6. The predicted molar refractivity (Wildman–Crippen MR) is 117 cm³/mol. The number of amides is 2. The van der Waals surface area contributed by atoms with Crippen LogP contribution >= 0.6 is 34.7 Å². The van der Waals surface area contributed by atoms with Crippen molar-refractivity contribution in [1.29, 1.82) is 0 Å². The first-order chi connectivity index (χ1) is 14.0. The third-order valence-electron chi connectivity index (χ3n) is 3.88. The van der Waals surface area contributed by atoms with Crippen LogP contribution in [0.1, 0.15) is 9.67 Å². The first-order valence-electron chi connectivity index (χ1n) is 8.53. The zero-order valence-corrected chi connectivity index (χ0v) is 17.7. The smallest absolute Gasteiger partial charge is 0.325 e. The van der Waals surface area contributed by atoms with E-state index in [2.05, 4.69) is 10.6 Å². The Hall–Kier alpha value is -2.55. The van der Waals surface area contributed by atoms with Gasteiger partial charge in [0.05, 0.1) is 10.7 Å². The maximum atomic E-state index is 12.3. The normalized spacial score (nSPS) is 10.6. The molecule has 0 aliphatic rings. The lowest BCUT2D eigenvalue weighted by Crippen LogP contribution is -2.32. The molecule has 1 aromatic heterocycles. The van der Waals surface area contributed by atoms with Gasteiger partial charge in [-0.2, -0.15) is 0 Å². The average molecular weight is 449 g/mol. The summed E-state index contributed by atoms with van der Waals surface area (Å²) in [7, 11) is 0. The van der Waals surface area contributed by atoms with Gasteiger partial charge in [0.2, 0.25) is 0 Å². The van der Waals surface area contributed by atoms with Crippen LogP contribution in [0.5, 0.6) is 0 Å². The standard InChI is InChI=1S/C20H17ClN2O4S2/c1-28-15-9-5-3-7-13(15)23-16(24)11-27-17(25)10-22-20(26)19-18(21)12-6-2-4-8-14(12)29-19/h2-9H,10-11H2,1H3,(H,22,26)(H,23,24). The van der Waals surface area contributed by atoms with Crippen molar-refractivity contribution in [2.45, 2.75) is 4.90 Å². The number of hydrogen-bond donors (Lipinski definition) is 2. The molecule has 2 amide bonds. The molecule has 6 nitrogen and oxygen atoms in total. The number of nitrogens with one attached hydrogen (secondary N) is 2. The van der Waals surface area contributed by atoms with Gasteiger partial charge < -0.3 is 15.4 Å². The Balaban J connectivity index is 1.48. The number of benzene rings is 2. The molecular weight excluding hydrogens is 432 g/mol. The molecule has 0 fully saturated rings. The second kappa shape index (κ2) is 9.78. The van der Waals surface area contributed by atoms with Crippen molar-refractivity contribution in [2.75, 3.05) is 24.7 Å².